The van der Waals surface area contributed by atoms with E-state index in [2.05, 4.69) is 4.74 Å². The van der Waals surface area contributed by atoms with Crippen LogP contribution in [-0.2, 0) is 16.0 Å². The Bertz CT molecular complexity index is 669. The van der Waals surface area contributed by atoms with Crippen LogP contribution in [0.3, 0.4) is 0 Å². The van der Waals surface area contributed by atoms with Crippen molar-refractivity contribution >= 4 is 11.7 Å². The lowest BCUT2D eigenvalue weighted by Gasteiger charge is -2.11. The molecule has 6 nitrogen and oxygen atoms in total. The standard InChI is InChI=1S/C16H15NO5/c1-21-16(18)11-22-15-8-7-14(17(19)20)10-13(15)9-12-5-3-2-4-6-12/h2-8,10H,9,11H2,1H3. The zero-order chi connectivity index (χ0) is 15.9. The summed E-state index contributed by atoms with van der Waals surface area (Å²) in [6.07, 6.45) is 0.471. The molecule has 0 unspecified atom stereocenters. The van der Waals surface area contributed by atoms with E-state index in [1.807, 2.05) is 30.3 Å². The molecule has 2 rings (SSSR count). The largest absolute Gasteiger partial charge is 0.482 e. The quantitative estimate of drug-likeness (QED) is 0.465. The maximum atomic E-state index is 11.2. The van der Waals surface area contributed by atoms with E-state index in [0.717, 1.165) is 5.56 Å². The predicted molar refractivity (Wildman–Crippen MR) is 79.9 cm³/mol. The monoisotopic (exact) mass is 301 g/mol. The molecule has 0 aliphatic rings. The molecule has 0 fully saturated rings. The Morgan fingerprint density at radius 2 is 1.91 bits per heavy atom. The highest BCUT2D eigenvalue weighted by atomic mass is 16.6. The molecular formula is C16H15NO5. The molecule has 6 heteroatoms. The van der Waals surface area contributed by atoms with Gasteiger partial charge in [0.25, 0.3) is 5.69 Å². The maximum absolute atomic E-state index is 11.2. The van der Waals surface area contributed by atoms with Gasteiger partial charge in [0.2, 0.25) is 0 Å². The topological polar surface area (TPSA) is 78.7 Å². The molecule has 0 atom stereocenters. The Hall–Kier alpha value is -2.89. The Labute approximate surface area is 127 Å². The molecule has 114 valence electrons. The molecule has 2 aromatic rings. The summed E-state index contributed by atoms with van der Waals surface area (Å²) >= 11 is 0. The van der Waals surface area contributed by atoms with E-state index < -0.39 is 10.9 Å². The highest BCUT2D eigenvalue weighted by Gasteiger charge is 2.13. The van der Waals surface area contributed by atoms with Crippen molar-refractivity contribution in [1.82, 2.24) is 0 Å². The van der Waals surface area contributed by atoms with Crippen LogP contribution in [0.5, 0.6) is 5.75 Å². The number of hydrogen-bond donors (Lipinski definition) is 0. The summed E-state index contributed by atoms with van der Waals surface area (Å²) in [6.45, 7) is -0.240. The smallest absolute Gasteiger partial charge is 0.343 e. The molecule has 0 N–H and O–H groups in total. The van der Waals surface area contributed by atoms with E-state index in [0.29, 0.717) is 17.7 Å². The summed E-state index contributed by atoms with van der Waals surface area (Å²) < 4.78 is 9.92. The van der Waals surface area contributed by atoms with Crippen LogP contribution in [0.25, 0.3) is 0 Å². The van der Waals surface area contributed by atoms with Crippen LogP contribution in [0.1, 0.15) is 11.1 Å². The number of rotatable bonds is 6. The third kappa shape index (κ3) is 4.05. The number of nitro benzene ring substituents is 1. The molecule has 0 spiro atoms. The van der Waals surface area contributed by atoms with E-state index in [-0.39, 0.29) is 12.3 Å². The zero-order valence-corrected chi connectivity index (χ0v) is 12.0. The lowest BCUT2D eigenvalue weighted by molar-refractivity contribution is -0.384. The highest BCUT2D eigenvalue weighted by Crippen LogP contribution is 2.26. The second-order valence-electron chi connectivity index (χ2n) is 4.58. The van der Waals surface area contributed by atoms with Crippen molar-refractivity contribution in [2.45, 2.75) is 6.42 Å². The van der Waals surface area contributed by atoms with Gasteiger partial charge in [-0.3, -0.25) is 10.1 Å². The second-order valence-corrected chi connectivity index (χ2v) is 4.58. The van der Waals surface area contributed by atoms with Gasteiger partial charge in [-0.2, -0.15) is 0 Å². The average molecular weight is 301 g/mol. The summed E-state index contributed by atoms with van der Waals surface area (Å²) in [4.78, 5) is 21.6. The number of nitro groups is 1. The van der Waals surface area contributed by atoms with Gasteiger partial charge in [0.15, 0.2) is 6.61 Å². The number of carbonyl (C=O) groups excluding carboxylic acids is 1. The van der Waals surface area contributed by atoms with Gasteiger partial charge >= 0.3 is 5.97 Å². The molecule has 2 aromatic carbocycles. The third-order valence-electron chi connectivity index (χ3n) is 3.07. The van der Waals surface area contributed by atoms with Gasteiger partial charge in [0.05, 0.1) is 12.0 Å². The van der Waals surface area contributed by atoms with Crippen LogP contribution in [0.4, 0.5) is 5.69 Å². The Morgan fingerprint density at radius 1 is 1.18 bits per heavy atom. The minimum absolute atomic E-state index is 0.0173. The number of carbonyl (C=O) groups is 1. The lowest BCUT2D eigenvalue weighted by atomic mass is 10.0. The number of benzene rings is 2. The summed E-state index contributed by atoms with van der Waals surface area (Å²) in [5, 5.41) is 10.9. The van der Waals surface area contributed by atoms with E-state index in [9.17, 15) is 14.9 Å². The van der Waals surface area contributed by atoms with E-state index in [1.165, 1.54) is 25.3 Å². The van der Waals surface area contributed by atoms with E-state index in [1.54, 1.807) is 0 Å². The van der Waals surface area contributed by atoms with Crippen LogP contribution < -0.4 is 4.74 Å². The third-order valence-corrected chi connectivity index (χ3v) is 3.07. The number of ether oxygens (including phenoxy) is 2. The molecule has 22 heavy (non-hydrogen) atoms. The van der Waals surface area contributed by atoms with Crippen LogP contribution in [-0.4, -0.2) is 24.6 Å². The van der Waals surface area contributed by atoms with Crippen molar-refractivity contribution in [3.8, 4) is 5.75 Å². The summed E-state index contributed by atoms with van der Waals surface area (Å²) in [5.41, 5.74) is 1.62. The number of esters is 1. The number of nitrogens with zero attached hydrogens (tertiary/aromatic N) is 1. The van der Waals surface area contributed by atoms with Crippen LogP contribution in [0.15, 0.2) is 48.5 Å². The number of hydrogen-bond acceptors (Lipinski definition) is 5. The first kappa shape index (κ1) is 15.5. The zero-order valence-electron chi connectivity index (χ0n) is 12.0. The molecule has 0 saturated carbocycles. The first-order chi connectivity index (χ1) is 10.6. The Kier molecular flexibility index (Phi) is 5.08. The molecule has 0 bridgehead atoms. The molecule has 0 amide bonds. The molecular weight excluding hydrogens is 286 g/mol. The SMILES string of the molecule is COC(=O)COc1ccc([N+](=O)[O-])cc1Cc1ccccc1. The van der Waals surface area contributed by atoms with Gasteiger partial charge in [0, 0.05) is 24.1 Å². The predicted octanol–water partition coefficient (Wildman–Crippen LogP) is 2.74. The molecule has 0 aliphatic carbocycles. The fraction of sp³-hybridized carbons (Fsp3) is 0.188. The lowest BCUT2D eigenvalue weighted by Crippen LogP contribution is -2.13. The first-order valence-corrected chi connectivity index (χ1v) is 6.61. The highest BCUT2D eigenvalue weighted by molar-refractivity contribution is 5.71. The Morgan fingerprint density at radius 3 is 2.55 bits per heavy atom. The van der Waals surface area contributed by atoms with Crippen LogP contribution in [0.2, 0.25) is 0 Å². The van der Waals surface area contributed by atoms with Crippen molar-refractivity contribution in [3.63, 3.8) is 0 Å². The molecule has 0 aromatic heterocycles. The van der Waals surface area contributed by atoms with Crippen molar-refractivity contribution in [1.29, 1.82) is 0 Å². The van der Waals surface area contributed by atoms with Gasteiger partial charge in [0.1, 0.15) is 5.75 Å². The van der Waals surface area contributed by atoms with Gasteiger partial charge < -0.3 is 9.47 Å². The van der Waals surface area contributed by atoms with Crippen LogP contribution in [0, 0.1) is 10.1 Å². The maximum Gasteiger partial charge on any atom is 0.343 e. The van der Waals surface area contributed by atoms with Crippen molar-refractivity contribution in [2.24, 2.45) is 0 Å². The van der Waals surface area contributed by atoms with Crippen molar-refractivity contribution in [3.05, 3.63) is 69.8 Å². The van der Waals surface area contributed by atoms with Crippen LogP contribution >= 0.6 is 0 Å². The molecule has 0 heterocycles. The van der Waals surface area contributed by atoms with Gasteiger partial charge in [-0.1, -0.05) is 30.3 Å². The van der Waals surface area contributed by atoms with Gasteiger partial charge in [-0.25, -0.2) is 4.79 Å². The Balaban J connectivity index is 2.27. The number of non-ortho nitro benzene ring substituents is 1. The van der Waals surface area contributed by atoms with Gasteiger partial charge in [-0.15, -0.1) is 0 Å². The van der Waals surface area contributed by atoms with Crippen molar-refractivity contribution in [2.75, 3.05) is 13.7 Å². The normalized spacial score (nSPS) is 10.0. The average Bonchev–Trinajstić information content (AvgIpc) is 2.54. The van der Waals surface area contributed by atoms with Gasteiger partial charge in [-0.05, 0) is 11.6 Å². The fourth-order valence-electron chi connectivity index (χ4n) is 1.97. The van der Waals surface area contributed by atoms with E-state index in [4.69, 9.17) is 4.74 Å². The molecule has 0 radical (unpaired) electrons. The fourth-order valence-corrected chi connectivity index (χ4v) is 1.97. The molecule has 0 aliphatic heterocycles. The molecule has 0 saturated heterocycles. The summed E-state index contributed by atoms with van der Waals surface area (Å²) in [6, 6.07) is 13.8. The van der Waals surface area contributed by atoms with Crippen molar-refractivity contribution < 1.29 is 19.2 Å². The second kappa shape index (κ2) is 7.21. The number of methoxy groups -OCH3 is 1. The minimum atomic E-state index is -0.510. The summed E-state index contributed by atoms with van der Waals surface area (Å²) in [7, 11) is 1.27. The summed E-state index contributed by atoms with van der Waals surface area (Å²) in [5.74, 6) is -0.0798. The first-order valence-electron chi connectivity index (χ1n) is 6.61. The van der Waals surface area contributed by atoms with E-state index >= 15 is 0 Å². The minimum Gasteiger partial charge on any atom is -0.482 e.